The molecule has 0 aliphatic heterocycles. The van der Waals surface area contributed by atoms with Crippen LogP contribution < -0.4 is 0 Å². The van der Waals surface area contributed by atoms with E-state index in [1.165, 1.54) is 238 Å². The zero-order valence-corrected chi connectivity index (χ0v) is 54.8. The lowest BCUT2D eigenvalue weighted by Crippen LogP contribution is -2.30. The average Bonchev–Trinajstić information content (AvgIpc) is 3.47. The number of hydrogen-bond acceptors (Lipinski definition) is 6. The molecule has 1 unspecified atom stereocenters. The van der Waals surface area contributed by atoms with Gasteiger partial charge in [0.05, 0.1) is 0 Å². The van der Waals surface area contributed by atoms with Crippen molar-refractivity contribution in [2.45, 2.75) is 380 Å². The van der Waals surface area contributed by atoms with Crippen LogP contribution in [0, 0.1) is 0 Å². The zero-order valence-electron chi connectivity index (χ0n) is 54.8. The fourth-order valence-corrected chi connectivity index (χ4v) is 10.6. The molecule has 6 nitrogen and oxygen atoms in total. The van der Waals surface area contributed by atoms with Gasteiger partial charge in [-0.2, -0.15) is 0 Å². The van der Waals surface area contributed by atoms with E-state index in [1.807, 2.05) is 0 Å². The van der Waals surface area contributed by atoms with Crippen molar-refractivity contribution >= 4 is 17.9 Å². The number of unbranched alkanes of at least 4 members (excludes halogenated alkanes) is 43. The van der Waals surface area contributed by atoms with Gasteiger partial charge in [0.15, 0.2) is 6.10 Å². The maximum atomic E-state index is 13.0. The predicted molar refractivity (Wildman–Crippen MR) is 358 cm³/mol. The Balaban J connectivity index is 4.33. The molecule has 0 aromatic heterocycles. The number of allylic oxidation sites excluding steroid dienone is 12. The molecule has 476 valence electrons. The normalized spacial score (nSPS) is 12.5. The minimum absolute atomic E-state index is 0.0757. The van der Waals surface area contributed by atoms with Gasteiger partial charge in [-0.15, -0.1) is 0 Å². The summed E-state index contributed by atoms with van der Waals surface area (Å²) >= 11 is 0. The molecule has 0 radical (unpaired) electrons. The lowest BCUT2D eigenvalue weighted by atomic mass is 10.0. The molecule has 0 saturated heterocycles. The number of carbonyl (C=O) groups excluding carboxylic acids is 3. The van der Waals surface area contributed by atoms with Crippen molar-refractivity contribution in [2.24, 2.45) is 0 Å². The predicted octanol–water partition coefficient (Wildman–Crippen LogP) is 24.8. The topological polar surface area (TPSA) is 78.9 Å². The molecule has 0 rings (SSSR count). The van der Waals surface area contributed by atoms with Gasteiger partial charge < -0.3 is 14.2 Å². The van der Waals surface area contributed by atoms with E-state index < -0.39 is 6.10 Å². The summed E-state index contributed by atoms with van der Waals surface area (Å²) in [7, 11) is 0. The Labute approximate surface area is 510 Å². The first-order valence-electron chi connectivity index (χ1n) is 35.9. The lowest BCUT2D eigenvalue weighted by molar-refractivity contribution is -0.167. The Morgan fingerprint density at radius 2 is 0.476 bits per heavy atom. The second-order valence-corrected chi connectivity index (χ2v) is 24.1. The van der Waals surface area contributed by atoms with Crippen molar-refractivity contribution in [3.63, 3.8) is 0 Å². The van der Waals surface area contributed by atoms with Gasteiger partial charge in [-0.3, -0.25) is 14.4 Å². The van der Waals surface area contributed by atoms with E-state index in [0.717, 1.165) is 96.3 Å². The van der Waals surface area contributed by atoms with Crippen molar-refractivity contribution < 1.29 is 28.6 Å². The average molecular weight is 1150 g/mol. The number of rotatable bonds is 66. The Bertz CT molecular complexity index is 1500. The second-order valence-electron chi connectivity index (χ2n) is 24.1. The fraction of sp³-hybridized carbons (Fsp3) is 0.803. The third-order valence-electron chi connectivity index (χ3n) is 15.9. The van der Waals surface area contributed by atoms with Crippen molar-refractivity contribution in [1.82, 2.24) is 0 Å². The summed E-state index contributed by atoms with van der Waals surface area (Å²) in [5, 5.41) is 0. The Kier molecular flexibility index (Phi) is 67.6. The van der Waals surface area contributed by atoms with Gasteiger partial charge in [0.1, 0.15) is 13.2 Å². The highest BCUT2D eigenvalue weighted by molar-refractivity contribution is 5.71. The Morgan fingerprint density at radius 1 is 0.256 bits per heavy atom. The van der Waals surface area contributed by atoms with E-state index in [4.69, 9.17) is 14.2 Å². The van der Waals surface area contributed by atoms with Gasteiger partial charge >= 0.3 is 17.9 Å². The summed E-state index contributed by atoms with van der Waals surface area (Å²) in [5.74, 6) is -0.863. The van der Waals surface area contributed by atoms with Crippen LogP contribution in [0.4, 0.5) is 0 Å². The largest absolute Gasteiger partial charge is 0.462 e. The van der Waals surface area contributed by atoms with Gasteiger partial charge in [-0.1, -0.05) is 338 Å². The summed E-state index contributed by atoms with van der Waals surface area (Å²) < 4.78 is 17.0. The monoisotopic (exact) mass is 1150 g/mol. The summed E-state index contributed by atoms with van der Waals surface area (Å²) in [6.45, 7) is 6.58. The van der Waals surface area contributed by atoms with Crippen molar-refractivity contribution in [3.05, 3.63) is 72.9 Å². The molecule has 0 bridgehead atoms. The van der Waals surface area contributed by atoms with Crippen LogP contribution in [0.3, 0.4) is 0 Å². The number of hydrogen-bond donors (Lipinski definition) is 0. The first-order chi connectivity index (χ1) is 40.5. The zero-order chi connectivity index (χ0) is 59.2. The molecule has 0 aliphatic carbocycles. The number of carbonyl (C=O) groups is 3. The van der Waals surface area contributed by atoms with E-state index in [1.54, 1.807) is 0 Å². The van der Waals surface area contributed by atoms with Crippen LogP contribution in [0.15, 0.2) is 72.9 Å². The Morgan fingerprint density at radius 3 is 0.756 bits per heavy atom. The van der Waals surface area contributed by atoms with E-state index in [2.05, 4.69) is 93.7 Å². The molecule has 0 heterocycles. The molecule has 0 aromatic rings. The molecule has 6 heteroatoms. The first-order valence-corrected chi connectivity index (χ1v) is 35.9. The van der Waals surface area contributed by atoms with Crippen LogP contribution in [0.1, 0.15) is 374 Å². The molecule has 0 aliphatic rings. The molecule has 0 amide bonds. The summed E-state index contributed by atoms with van der Waals surface area (Å²) in [6, 6.07) is 0. The van der Waals surface area contributed by atoms with Crippen LogP contribution in [-0.2, 0) is 28.6 Å². The fourth-order valence-electron chi connectivity index (χ4n) is 10.6. The third kappa shape index (κ3) is 67.6. The lowest BCUT2D eigenvalue weighted by Gasteiger charge is -2.18. The van der Waals surface area contributed by atoms with Crippen molar-refractivity contribution in [3.8, 4) is 0 Å². The van der Waals surface area contributed by atoms with Crippen LogP contribution >= 0.6 is 0 Å². The van der Waals surface area contributed by atoms with E-state index >= 15 is 0 Å². The third-order valence-corrected chi connectivity index (χ3v) is 15.9. The minimum atomic E-state index is -0.782. The quantitative estimate of drug-likeness (QED) is 0.0261. The molecular formula is C76H136O6. The number of ether oxygens (including phenoxy) is 3. The number of esters is 3. The molecule has 0 N–H and O–H groups in total. The smallest absolute Gasteiger partial charge is 0.306 e. The molecule has 0 saturated carbocycles. The second kappa shape index (κ2) is 70.3. The van der Waals surface area contributed by atoms with Crippen molar-refractivity contribution in [2.75, 3.05) is 13.2 Å². The van der Waals surface area contributed by atoms with Crippen LogP contribution in [0.2, 0.25) is 0 Å². The van der Waals surface area contributed by atoms with E-state index in [0.29, 0.717) is 19.3 Å². The van der Waals surface area contributed by atoms with Gasteiger partial charge in [-0.05, 0) is 89.9 Å². The summed E-state index contributed by atoms with van der Waals surface area (Å²) in [5.41, 5.74) is 0. The Hall–Kier alpha value is -3.15. The van der Waals surface area contributed by atoms with E-state index in [9.17, 15) is 14.4 Å². The maximum absolute atomic E-state index is 13.0. The first kappa shape index (κ1) is 78.8. The van der Waals surface area contributed by atoms with Crippen LogP contribution in [0.5, 0.6) is 0 Å². The molecule has 1 atom stereocenters. The summed E-state index contributed by atoms with van der Waals surface area (Å²) in [4.78, 5) is 38.5. The highest BCUT2D eigenvalue weighted by Gasteiger charge is 2.19. The highest BCUT2D eigenvalue weighted by Crippen LogP contribution is 2.18. The maximum Gasteiger partial charge on any atom is 0.306 e. The van der Waals surface area contributed by atoms with Gasteiger partial charge in [0, 0.05) is 19.3 Å². The molecule has 0 spiro atoms. The minimum Gasteiger partial charge on any atom is -0.462 e. The van der Waals surface area contributed by atoms with E-state index in [-0.39, 0.29) is 31.1 Å². The van der Waals surface area contributed by atoms with Crippen LogP contribution in [-0.4, -0.2) is 37.2 Å². The highest BCUT2D eigenvalue weighted by atomic mass is 16.6. The van der Waals surface area contributed by atoms with Gasteiger partial charge in [0.25, 0.3) is 0 Å². The SMILES string of the molecule is CC/C=C\C/C=C\C/C=C\C/C=C\C/C=C\CCCCCCCCCC(=O)OC(COC(=O)CCCCCCCCCCCCCCC/C=C\CCCCCCCCCC)COC(=O)CCCCCCCCCCCCCCCCCC. The van der Waals surface area contributed by atoms with Crippen LogP contribution in [0.25, 0.3) is 0 Å². The standard InChI is InChI=1S/C76H136O6/c1-4-7-10-13-16-19-22-25-28-31-33-35-37-38-40-41-43-45-48-51-54-57-60-63-66-69-75(78)81-72-73(71-80-74(77)68-65-62-59-56-53-50-47-30-27-24-21-18-15-12-9-6-3)82-76(79)70-67-64-61-58-55-52-49-46-44-42-39-36-34-32-29-26-23-20-17-14-11-8-5-2/h8,11,17,20,26,29,31,33-34,36,42,44,73H,4-7,9-10,12-16,18-19,21-25,27-28,30,32,35,37-41,43,45-72H2,1-3H3/b11-8-,20-17-,29-26-,33-31-,36-34-,44-42-. The summed E-state index contributed by atoms with van der Waals surface area (Å²) in [6.07, 6.45) is 92.1. The molecular weight excluding hydrogens is 1010 g/mol. The molecule has 0 aromatic carbocycles. The van der Waals surface area contributed by atoms with Gasteiger partial charge in [-0.25, -0.2) is 0 Å². The van der Waals surface area contributed by atoms with Gasteiger partial charge in [0.2, 0.25) is 0 Å². The molecule has 82 heavy (non-hydrogen) atoms. The molecule has 0 fully saturated rings. The van der Waals surface area contributed by atoms with Crippen molar-refractivity contribution in [1.29, 1.82) is 0 Å².